The lowest BCUT2D eigenvalue weighted by Crippen LogP contribution is -2.25. The number of ether oxygens (including phenoxy) is 2. The van der Waals surface area contributed by atoms with Crippen molar-refractivity contribution in [2.24, 2.45) is 0 Å². The molecule has 6 heteroatoms. The molecule has 0 saturated carbocycles. The molecule has 1 aromatic carbocycles. The Balaban J connectivity index is 2.44. The van der Waals surface area contributed by atoms with E-state index in [9.17, 15) is 14.4 Å². The van der Waals surface area contributed by atoms with Crippen LogP contribution in [0.2, 0.25) is 0 Å². The molecular weight excluding hydrogens is 250 g/mol. The van der Waals surface area contributed by atoms with Gasteiger partial charge in [0.1, 0.15) is 5.75 Å². The minimum atomic E-state index is -0.512. The van der Waals surface area contributed by atoms with Gasteiger partial charge in [-0.25, -0.2) is 4.79 Å². The summed E-state index contributed by atoms with van der Waals surface area (Å²) in [5.41, 5.74) is 0.701. The highest BCUT2D eigenvalue weighted by Crippen LogP contribution is 2.31. The van der Waals surface area contributed by atoms with Crippen LogP contribution >= 0.6 is 0 Å². The number of nitrogens with zero attached hydrogens (tertiary/aromatic N) is 1. The molecule has 0 bridgehead atoms. The Morgan fingerprint density at radius 3 is 2.53 bits per heavy atom. The number of Topliss-reactive ketones (excluding diaryl/α,β-unsaturated/α-hetero) is 1. The van der Waals surface area contributed by atoms with Gasteiger partial charge in [-0.2, -0.15) is 0 Å². The molecule has 0 aromatic heterocycles. The standard InChI is InChI=1S/C13H13NO5/c1-18-11-4-3-8(13(17)19-2)5-10(11)14-7-9(15)6-12(14)16/h3-5H,6-7H2,1-2H3. The van der Waals surface area contributed by atoms with Gasteiger partial charge >= 0.3 is 5.97 Å². The highest BCUT2D eigenvalue weighted by molar-refractivity contribution is 6.15. The van der Waals surface area contributed by atoms with E-state index in [1.165, 1.54) is 31.3 Å². The van der Waals surface area contributed by atoms with Crippen molar-refractivity contribution in [3.63, 3.8) is 0 Å². The van der Waals surface area contributed by atoms with Gasteiger partial charge in [0.15, 0.2) is 5.78 Å². The van der Waals surface area contributed by atoms with Crippen LogP contribution in [0.15, 0.2) is 18.2 Å². The third kappa shape index (κ3) is 2.42. The van der Waals surface area contributed by atoms with Crippen molar-refractivity contribution < 1.29 is 23.9 Å². The van der Waals surface area contributed by atoms with E-state index in [4.69, 9.17) is 4.74 Å². The van der Waals surface area contributed by atoms with Crippen molar-refractivity contribution in [3.05, 3.63) is 23.8 Å². The molecular formula is C13H13NO5. The number of anilines is 1. The number of carbonyl (C=O) groups is 3. The Morgan fingerprint density at radius 2 is 2.00 bits per heavy atom. The molecule has 0 N–H and O–H groups in total. The molecule has 1 fully saturated rings. The molecule has 0 atom stereocenters. The summed E-state index contributed by atoms with van der Waals surface area (Å²) in [6.45, 7) is -0.000179. The smallest absolute Gasteiger partial charge is 0.337 e. The van der Waals surface area contributed by atoms with Crippen molar-refractivity contribution >= 4 is 23.3 Å². The average Bonchev–Trinajstić information content (AvgIpc) is 2.76. The Hall–Kier alpha value is -2.37. The van der Waals surface area contributed by atoms with Crippen molar-refractivity contribution in [1.29, 1.82) is 0 Å². The molecule has 100 valence electrons. The number of amides is 1. The minimum absolute atomic E-state index is 0.000179. The Bertz CT molecular complexity index is 552. The maximum atomic E-state index is 11.7. The summed E-state index contributed by atoms with van der Waals surface area (Å²) < 4.78 is 9.78. The lowest BCUT2D eigenvalue weighted by molar-refractivity contribution is -0.121. The van der Waals surface area contributed by atoms with Gasteiger partial charge in [-0.3, -0.25) is 9.59 Å². The topological polar surface area (TPSA) is 72.9 Å². The third-order valence-corrected chi connectivity index (χ3v) is 2.87. The summed E-state index contributed by atoms with van der Waals surface area (Å²) in [5.74, 6) is -0.543. The van der Waals surface area contributed by atoms with Gasteiger partial charge in [0.2, 0.25) is 5.91 Å². The van der Waals surface area contributed by atoms with Gasteiger partial charge in [-0.05, 0) is 18.2 Å². The number of hydrogen-bond donors (Lipinski definition) is 0. The Kier molecular flexibility index (Phi) is 3.50. The molecule has 0 aliphatic carbocycles. The fraction of sp³-hybridized carbons (Fsp3) is 0.308. The molecule has 1 aliphatic heterocycles. The molecule has 6 nitrogen and oxygen atoms in total. The van der Waals surface area contributed by atoms with E-state index in [0.717, 1.165) is 0 Å². The fourth-order valence-electron chi connectivity index (χ4n) is 1.95. The molecule has 0 unspecified atom stereocenters. The second-order valence-corrected chi connectivity index (χ2v) is 4.07. The van der Waals surface area contributed by atoms with Gasteiger partial charge in [0, 0.05) is 0 Å². The summed E-state index contributed by atoms with van der Waals surface area (Å²) in [4.78, 5) is 35.9. The molecule has 1 amide bonds. The fourth-order valence-corrected chi connectivity index (χ4v) is 1.95. The number of benzene rings is 1. The Labute approximate surface area is 109 Å². The van der Waals surface area contributed by atoms with Gasteiger partial charge in [0.25, 0.3) is 0 Å². The van der Waals surface area contributed by atoms with Crippen LogP contribution in [0.5, 0.6) is 5.75 Å². The number of hydrogen-bond acceptors (Lipinski definition) is 5. The quantitative estimate of drug-likeness (QED) is 0.595. The lowest BCUT2D eigenvalue weighted by Gasteiger charge is -2.18. The Morgan fingerprint density at radius 1 is 1.26 bits per heavy atom. The maximum Gasteiger partial charge on any atom is 0.337 e. The van der Waals surface area contributed by atoms with E-state index in [1.807, 2.05) is 0 Å². The summed E-state index contributed by atoms with van der Waals surface area (Å²) in [7, 11) is 2.73. The second-order valence-electron chi connectivity index (χ2n) is 4.07. The predicted molar refractivity (Wildman–Crippen MR) is 66.3 cm³/mol. The van der Waals surface area contributed by atoms with E-state index < -0.39 is 5.97 Å². The zero-order valence-electron chi connectivity index (χ0n) is 10.6. The van der Waals surface area contributed by atoms with Gasteiger partial charge in [-0.1, -0.05) is 0 Å². The van der Waals surface area contributed by atoms with Crippen LogP contribution in [0.3, 0.4) is 0 Å². The summed E-state index contributed by atoms with van der Waals surface area (Å²) >= 11 is 0. The van der Waals surface area contributed by atoms with Crippen LogP contribution < -0.4 is 9.64 Å². The number of rotatable bonds is 3. The first-order chi connectivity index (χ1) is 9.06. The molecule has 1 heterocycles. The first-order valence-corrected chi connectivity index (χ1v) is 5.65. The molecule has 19 heavy (non-hydrogen) atoms. The second kappa shape index (κ2) is 5.09. The van der Waals surface area contributed by atoms with Gasteiger partial charge < -0.3 is 14.4 Å². The zero-order valence-corrected chi connectivity index (χ0v) is 10.6. The summed E-state index contributed by atoms with van der Waals surface area (Å²) in [5, 5.41) is 0. The monoisotopic (exact) mass is 263 g/mol. The minimum Gasteiger partial charge on any atom is -0.495 e. The van der Waals surface area contributed by atoms with Gasteiger partial charge in [0.05, 0.1) is 38.4 Å². The van der Waals surface area contributed by atoms with E-state index in [-0.39, 0.29) is 24.7 Å². The largest absolute Gasteiger partial charge is 0.495 e. The highest BCUT2D eigenvalue weighted by atomic mass is 16.5. The number of carbonyl (C=O) groups excluding carboxylic acids is 3. The van der Waals surface area contributed by atoms with Crippen LogP contribution in [-0.2, 0) is 14.3 Å². The first-order valence-electron chi connectivity index (χ1n) is 5.65. The SMILES string of the molecule is COC(=O)c1ccc(OC)c(N2CC(=O)CC2=O)c1. The van der Waals surface area contributed by atoms with Crippen molar-refractivity contribution in [2.75, 3.05) is 25.7 Å². The molecule has 2 rings (SSSR count). The van der Waals surface area contributed by atoms with E-state index in [0.29, 0.717) is 17.0 Å². The van der Waals surface area contributed by atoms with Gasteiger partial charge in [-0.15, -0.1) is 0 Å². The summed E-state index contributed by atoms with van der Waals surface area (Å²) in [6.07, 6.45) is -0.119. The zero-order chi connectivity index (χ0) is 14.0. The molecule has 1 saturated heterocycles. The molecule has 0 radical (unpaired) electrons. The number of esters is 1. The van der Waals surface area contributed by atoms with Crippen molar-refractivity contribution in [2.45, 2.75) is 6.42 Å². The summed E-state index contributed by atoms with van der Waals surface area (Å²) in [6, 6.07) is 4.59. The normalized spacial score (nSPS) is 14.7. The highest BCUT2D eigenvalue weighted by Gasteiger charge is 2.31. The van der Waals surface area contributed by atoms with Crippen molar-refractivity contribution in [1.82, 2.24) is 0 Å². The predicted octanol–water partition coefficient (Wildman–Crippen LogP) is 0.788. The van der Waals surface area contributed by atoms with Crippen LogP contribution in [0, 0.1) is 0 Å². The van der Waals surface area contributed by atoms with E-state index in [1.54, 1.807) is 6.07 Å². The molecule has 1 aromatic rings. The van der Waals surface area contributed by atoms with Crippen LogP contribution in [-0.4, -0.2) is 38.4 Å². The lowest BCUT2D eigenvalue weighted by atomic mass is 10.1. The van der Waals surface area contributed by atoms with Crippen LogP contribution in [0.25, 0.3) is 0 Å². The van der Waals surface area contributed by atoms with E-state index >= 15 is 0 Å². The van der Waals surface area contributed by atoms with Crippen LogP contribution in [0.4, 0.5) is 5.69 Å². The van der Waals surface area contributed by atoms with Crippen molar-refractivity contribution in [3.8, 4) is 5.75 Å². The number of methoxy groups -OCH3 is 2. The maximum absolute atomic E-state index is 11.7. The molecule has 1 aliphatic rings. The number of ketones is 1. The third-order valence-electron chi connectivity index (χ3n) is 2.87. The molecule has 0 spiro atoms. The van der Waals surface area contributed by atoms with E-state index in [2.05, 4.69) is 4.74 Å². The average molecular weight is 263 g/mol. The van der Waals surface area contributed by atoms with Crippen LogP contribution in [0.1, 0.15) is 16.8 Å². The first kappa shape index (κ1) is 13.1.